The molecule has 1 rings (SSSR count). The van der Waals surface area contributed by atoms with Crippen LogP contribution in [-0.4, -0.2) is 30.8 Å². The third kappa shape index (κ3) is 1.97. The summed E-state index contributed by atoms with van der Waals surface area (Å²) in [4.78, 5) is 0. The van der Waals surface area contributed by atoms with Crippen LogP contribution in [0.25, 0.3) is 0 Å². The average Bonchev–Trinajstić information content (AvgIpc) is 2.45. The molecule has 80 valence electrons. The number of hydrogen-bond donors (Lipinski definition) is 2. The summed E-state index contributed by atoms with van der Waals surface area (Å²) >= 11 is 3.17. The molecule has 14 heavy (non-hydrogen) atoms. The Kier molecular flexibility index (Phi) is 3.28. The number of aliphatic hydroxyl groups excluding tert-OH is 1. The van der Waals surface area contributed by atoms with Crippen molar-refractivity contribution in [2.24, 2.45) is 7.05 Å². The first-order valence-electron chi connectivity index (χ1n) is 4.35. The van der Waals surface area contributed by atoms with Crippen molar-refractivity contribution in [2.75, 3.05) is 0 Å². The Balaban J connectivity index is 3.06. The summed E-state index contributed by atoms with van der Waals surface area (Å²) in [7, 11) is 1.67. The van der Waals surface area contributed by atoms with Crippen molar-refractivity contribution < 1.29 is 10.2 Å². The SMILES string of the molecule is CCC(C)(O)C(O)c1c(Br)nnn1C. The van der Waals surface area contributed by atoms with Gasteiger partial charge in [0.2, 0.25) is 0 Å². The number of aryl methyl sites for hydroxylation is 1. The summed E-state index contributed by atoms with van der Waals surface area (Å²) in [6, 6.07) is 0. The Hall–Kier alpha value is -0.460. The van der Waals surface area contributed by atoms with Gasteiger partial charge in [-0.2, -0.15) is 0 Å². The van der Waals surface area contributed by atoms with Gasteiger partial charge < -0.3 is 10.2 Å². The van der Waals surface area contributed by atoms with Crippen molar-refractivity contribution in [1.29, 1.82) is 0 Å². The maximum atomic E-state index is 9.92. The van der Waals surface area contributed by atoms with E-state index in [2.05, 4.69) is 26.2 Å². The van der Waals surface area contributed by atoms with E-state index in [4.69, 9.17) is 0 Å². The Bertz CT molecular complexity index is 305. The number of aromatic nitrogens is 3. The van der Waals surface area contributed by atoms with Crippen LogP contribution in [0.2, 0.25) is 0 Å². The monoisotopic (exact) mass is 263 g/mol. The van der Waals surface area contributed by atoms with Crippen molar-refractivity contribution in [3.63, 3.8) is 0 Å². The second kappa shape index (κ2) is 3.96. The van der Waals surface area contributed by atoms with Crippen LogP contribution in [0.4, 0.5) is 0 Å². The molecule has 5 nitrogen and oxygen atoms in total. The predicted molar refractivity (Wildman–Crippen MR) is 54.6 cm³/mol. The van der Waals surface area contributed by atoms with Gasteiger partial charge in [-0.15, -0.1) is 5.10 Å². The first-order valence-corrected chi connectivity index (χ1v) is 5.15. The molecule has 0 aliphatic heterocycles. The van der Waals surface area contributed by atoms with Crippen molar-refractivity contribution in [3.8, 4) is 0 Å². The van der Waals surface area contributed by atoms with Gasteiger partial charge in [0.25, 0.3) is 0 Å². The largest absolute Gasteiger partial charge is 0.387 e. The van der Waals surface area contributed by atoms with Crippen molar-refractivity contribution >= 4 is 15.9 Å². The average molecular weight is 264 g/mol. The molecule has 6 heteroatoms. The molecular formula is C8H14BrN3O2. The van der Waals surface area contributed by atoms with E-state index in [0.717, 1.165) is 0 Å². The normalized spacial score (nSPS) is 17.9. The number of hydrogen-bond acceptors (Lipinski definition) is 4. The molecule has 2 unspecified atom stereocenters. The van der Waals surface area contributed by atoms with Crippen LogP contribution >= 0.6 is 15.9 Å². The van der Waals surface area contributed by atoms with Crippen LogP contribution < -0.4 is 0 Å². The Morgan fingerprint density at radius 1 is 1.64 bits per heavy atom. The maximum Gasteiger partial charge on any atom is 0.154 e. The molecular weight excluding hydrogens is 250 g/mol. The second-order valence-electron chi connectivity index (χ2n) is 3.50. The zero-order valence-corrected chi connectivity index (χ0v) is 9.98. The molecule has 0 fully saturated rings. The van der Waals surface area contributed by atoms with Gasteiger partial charge in [-0.05, 0) is 29.3 Å². The van der Waals surface area contributed by atoms with E-state index in [1.807, 2.05) is 0 Å². The fourth-order valence-electron chi connectivity index (χ4n) is 1.12. The number of halogens is 1. The topological polar surface area (TPSA) is 71.2 Å². The minimum Gasteiger partial charge on any atom is -0.387 e. The molecule has 2 N–H and O–H groups in total. The summed E-state index contributed by atoms with van der Waals surface area (Å²) < 4.78 is 1.90. The third-order valence-corrected chi connectivity index (χ3v) is 2.96. The highest BCUT2D eigenvalue weighted by molar-refractivity contribution is 9.10. The van der Waals surface area contributed by atoms with Crippen LogP contribution in [0, 0.1) is 0 Å². The van der Waals surface area contributed by atoms with Gasteiger partial charge in [0.05, 0.1) is 5.60 Å². The fourth-order valence-corrected chi connectivity index (χ4v) is 1.66. The van der Waals surface area contributed by atoms with Crippen LogP contribution in [0.1, 0.15) is 32.1 Å². The molecule has 0 saturated heterocycles. The van der Waals surface area contributed by atoms with Gasteiger partial charge in [-0.3, -0.25) is 0 Å². The van der Waals surface area contributed by atoms with Crippen LogP contribution in [-0.2, 0) is 7.05 Å². The van der Waals surface area contributed by atoms with Crippen molar-refractivity contribution in [3.05, 3.63) is 10.3 Å². The third-order valence-electron chi connectivity index (χ3n) is 2.39. The zero-order valence-electron chi connectivity index (χ0n) is 8.40. The van der Waals surface area contributed by atoms with Crippen molar-refractivity contribution in [1.82, 2.24) is 15.0 Å². The van der Waals surface area contributed by atoms with E-state index in [0.29, 0.717) is 16.7 Å². The summed E-state index contributed by atoms with van der Waals surface area (Å²) in [5, 5.41) is 27.3. The minimum absolute atomic E-state index is 0.450. The molecule has 0 saturated carbocycles. The smallest absolute Gasteiger partial charge is 0.154 e. The second-order valence-corrected chi connectivity index (χ2v) is 4.25. The minimum atomic E-state index is -1.17. The summed E-state index contributed by atoms with van der Waals surface area (Å²) in [5.74, 6) is 0. The Labute approximate surface area is 90.9 Å². The van der Waals surface area contributed by atoms with E-state index in [1.165, 1.54) is 4.68 Å². The highest BCUT2D eigenvalue weighted by Crippen LogP contribution is 2.31. The maximum absolute atomic E-state index is 9.92. The molecule has 1 aromatic rings. The molecule has 2 atom stereocenters. The Morgan fingerprint density at radius 2 is 2.21 bits per heavy atom. The lowest BCUT2D eigenvalue weighted by Crippen LogP contribution is -2.33. The van der Waals surface area contributed by atoms with Gasteiger partial charge in [0.15, 0.2) is 4.60 Å². The summed E-state index contributed by atoms with van der Waals surface area (Å²) in [6.07, 6.45) is -0.548. The summed E-state index contributed by atoms with van der Waals surface area (Å²) in [6.45, 7) is 3.39. The molecule has 0 aromatic carbocycles. The van der Waals surface area contributed by atoms with Crippen LogP contribution in [0.3, 0.4) is 0 Å². The van der Waals surface area contributed by atoms with E-state index < -0.39 is 11.7 Å². The number of rotatable bonds is 3. The molecule has 0 aliphatic carbocycles. The van der Waals surface area contributed by atoms with E-state index in [9.17, 15) is 10.2 Å². The zero-order chi connectivity index (χ0) is 10.9. The lowest BCUT2D eigenvalue weighted by molar-refractivity contribution is -0.0696. The number of nitrogens with zero attached hydrogens (tertiary/aromatic N) is 3. The first kappa shape index (κ1) is 11.6. The molecule has 0 spiro atoms. The van der Waals surface area contributed by atoms with E-state index in [1.54, 1.807) is 20.9 Å². The van der Waals surface area contributed by atoms with Crippen molar-refractivity contribution in [2.45, 2.75) is 32.0 Å². The molecule has 0 aliphatic rings. The van der Waals surface area contributed by atoms with Crippen LogP contribution in [0.5, 0.6) is 0 Å². The van der Waals surface area contributed by atoms with Gasteiger partial charge in [0.1, 0.15) is 11.8 Å². The van der Waals surface area contributed by atoms with Crippen LogP contribution in [0.15, 0.2) is 4.60 Å². The highest BCUT2D eigenvalue weighted by atomic mass is 79.9. The molecule has 0 amide bonds. The van der Waals surface area contributed by atoms with Gasteiger partial charge >= 0.3 is 0 Å². The fraction of sp³-hybridized carbons (Fsp3) is 0.750. The van der Waals surface area contributed by atoms with Gasteiger partial charge in [0, 0.05) is 7.05 Å². The first-order chi connectivity index (χ1) is 6.40. The lowest BCUT2D eigenvalue weighted by atomic mass is 9.94. The van der Waals surface area contributed by atoms with E-state index in [-0.39, 0.29) is 0 Å². The molecule has 0 bridgehead atoms. The van der Waals surface area contributed by atoms with Gasteiger partial charge in [-0.25, -0.2) is 4.68 Å². The predicted octanol–water partition coefficient (Wildman–Crippen LogP) is 0.772. The highest BCUT2D eigenvalue weighted by Gasteiger charge is 2.33. The summed E-state index contributed by atoms with van der Waals surface area (Å²) in [5.41, 5.74) is -0.685. The Morgan fingerprint density at radius 3 is 2.57 bits per heavy atom. The van der Waals surface area contributed by atoms with E-state index >= 15 is 0 Å². The molecule has 1 aromatic heterocycles. The quantitative estimate of drug-likeness (QED) is 0.846. The molecule has 0 radical (unpaired) electrons. The molecule has 1 heterocycles. The standard InChI is InChI=1S/C8H14BrN3O2/c1-4-8(2,14)6(13)5-7(9)10-11-12(5)3/h6,13-14H,4H2,1-3H3. The lowest BCUT2D eigenvalue weighted by Gasteiger charge is -2.27. The van der Waals surface area contributed by atoms with Gasteiger partial charge in [-0.1, -0.05) is 12.1 Å². The number of aliphatic hydroxyl groups is 2.